The summed E-state index contributed by atoms with van der Waals surface area (Å²) in [5.41, 5.74) is 0.366. The first kappa shape index (κ1) is 14.2. The van der Waals surface area contributed by atoms with E-state index in [1.165, 1.54) is 6.07 Å². The minimum atomic E-state index is -4.32. The van der Waals surface area contributed by atoms with Crippen LogP contribution in [0, 0.1) is 0 Å². The van der Waals surface area contributed by atoms with E-state index in [-0.39, 0.29) is 23.1 Å². The number of morpholine rings is 1. The van der Waals surface area contributed by atoms with Crippen molar-refractivity contribution < 1.29 is 17.9 Å². The Balaban J connectivity index is 1.90. The highest BCUT2D eigenvalue weighted by Crippen LogP contribution is 2.37. The molecule has 1 aromatic rings. The molecule has 2 unspecified atom stereocenters. The number of hydrogen-bond acceptors (Lipinski definition) is 2. The third-order valence-electron chi connectivity index (χ3n) is 3.95. The largest absolute Gasteiger partial charge is 0.416 e. The number of alkyl halides is 4. The minimum Gasteiger partial charge on any atom is -0.371 e. The van der Waals surface area contributed by atoms with Crippen molar-refractivity contribution in [3.8, 4) is 0 Å². The van der Waals surface area contributed by atoms with Crippen LogP contribution in [0.1, 0.15) is 24.0 Å². The summed E-state index contributed by atoms with van der Waals surface area (Å²) in [5, 5.41) is 0.205. The van der Waals surface area contributed by atoms with Crippen LogP contribution in [0.25, 0.3) is 0 Å². The van der Waals surface area contributed by atoms with E-state index in [0.29, 0.717) is 18.8 Å². The van der Waals surface area contributed by atoms with Crippen LogP contribution in [0.3, 0.4) is 0 Å². The fourth-order valence-electron chi connectivity index (χ4n) is 2.97. The fourth-order valence-corrected chi connectivity index (χ4v) is 3.46. The van der Waals surface area contributed by atoms with Crippen LogP contribution < -0.4 is 4.90 Å². The molecule has 0 spiro atoms. The number of hydrogen-bond donors (Lipinski definition) is 0. The van der Waals surface area contributed by atoms with Gasteiger partial charge in [0.2, 0.25) is 0 Å². The van der Waals surface area contributed by atoms with Gasteiger partial charge < -0.3 is 9.64 Å². The van der Waals surface area contributed by atoms with Crippen LogP contribution in [-0.4, -0.2) is 25.3 Å². The van der Waals surface area contributed by atoms with Crippen molar-refractivity contribution in [2.24, 2.45) is 0 Å². The van der Waals surface area contributed by atoms with E-state index in [1.54, 1.807) is 12.1 Å². The smallest absolute Gasteiger partial charge is 0.371 e. The predicted octanol–water partition coefficient (Wildman–Crippen LogP) is 3.97. The molecule has 0 aromatic heterocycles. The molecule has 0 amide bonds. The van der Waals surface area contributed by atoms with Crippen LogP contribution in [-0.2, 0) is 16.2 Å². The number of benzene rings is 1. The molecule has 0 radical (unpaired) electrons. The summed E-state index contributed by atoms with van der Waals surface area (Å²) >= 11 is 3.12. The quantitative estimate of drug-likeness (QED) is 0.749. The first-order valence-electron chi connectivity index (χ1n) is 6.64. The number of fused-ring (bicyclic) bond motifs is 2. The molecular formula is C14H15BrF3NO. The summed E-state index contributed by atoms with van der Waals surface area (Å²) in [5.74, 6) is 0. The number of nitrogens with zero attached hydrogens (tertiary/aromatic N) is 1. The van der Waals surface area contributed by atoms with Crippen molar-refractivity contribution in [1.29, 1.82) is 0 Å². The summed E-state index contributed by atoms with van der Waals surface area (Å²) in [7, 11) is 0. The van der Waals surface area contributed by atoms with Gasteiger partial charge in [-0.3, -0.25) is 0 Å². The van der Waals surface area contributed by atoms with Gasteiger partial charge in [0, 0.05) is 24.1 Å². The van der Waals surface area contributed by atoms with Gasteiger partial charge in [-0.2, -0.15) is 13.2 Å². The summed E-state index contributed by atoms with van der Waals surface area (Å²) < 4.78 is 45.0. The van der Waals surface area contributed by atoms with Crippen molar-refractivity contribution in [1.82, 2.24) is 0 Å². The van der Waals surface area contributed by atoms with E-state index in [0.717, 1.165) is 12.8 Å². The predicted molar refractivity (Wildman–Crippen MR) is 74.2 cm³/mol. The third-order valence-corrected chi connectivity index (χ3v) is 4.56. The molecule has 0 saturated carbocycles. The summed E-state index contributed by atoms with van der Waals surface area (Å²) in [4.78, 5) is 2.01. The van der Waals surface area contributed by atoms with Crippen LogP contribution in [0.5, 0.6) is 0 Å². The van der Waals surface area contributed by atoms with Gasteiger partial charge in [0.15, 0.2) is 0 Å². The molecule has 2 atom stereocenters. The first-order valence-corrected chi connectivity index (χ1v) is 7.76. The lowest BCUT2D eigenvalue weighted by Crippen LogP contribution is -2.42. The van der Waals surface area contributed by atoms with Gasteiger partial charge in [-0.05, 0) is 30.5 Å². The summed E-state index contributed by atoms with van der Waals surface area (Å²) in [6, 6.07) is 4.60. The average molecular weight is 350 g/mol. The molecule has 6 heteroatoms. The maximum atomic E-state index is 13.1. The molecule has 0 N–H and O–H groups in total. The van der Waals surface area contributed by atoms with Gasteiger partial charge >= 0.3 is 6.18 Å². The van der Waals surface area contributed by atoms with Crippen molar-refractivity contribution in [3.63, 3.8) is 0 Å². The summed E-state index contributed by atoms with van der Waals surface area (Å²) in [6.45, 7) is 1.36. The molecule has 1 aromatic carbocycles. The molecule has 20 heavy (non-hydrogen) atoms. The van der Waals surface area contributed by atoms with Crippen LogP contribution in [0.15, 0.2) is 18.2 Å². The molecule has 2 heterocycles. The highest BCUT2D eigenvalue weighted by atomic mass is 79.9. The number of halogens is 4. The maximum absolute atomic E-state index is 13.1. The first-order chi connectivity index (χ1) is 9.47. The Morgan fingerprint density at radius 2 is 1.85 bits per heavy atom. The second-order valence-electron chi connectivity index (χ2n) is 5.34. The molecular weight excluding hydrogens is 335 g/mol. The second kappa shape index (κ2) is 5.22. The summed E-state index contributed by atoms with van der Waals surface area (Å²) in [6.07, 6.45) is -1.97. The Labute approximate surface area is 124 Å². The molecule has 0 aliphatic carbocycles. The van der Waals surface area contributed by atoms with Gasteiger partial charge in [0.25, 0.3) is 0 Å². The van der Waals surface area contributed by atoms with E-state index in [1.807, 2.05) is 4.90 Å². The molecule has 2 bridgehead atoms. The third kappa shape index (κ3) is 2.68. The lowest BCUT2D eigenvalue weighted by Gasteiger charge is -2.34. The van der Waals surface area contributed by atoms with Crippen molar-refractivity contribution in [2.75, 3.05) is 18.0 Å². The fraction of sp³-hybridized carbons (Fsp3) is 0.571. The molecule has 2 aliphatic heterocycles. The molecule has 110 valence electrons. The Kier molecular flexibility index (Phi) is 3.71. The highest BCUT2D eigenvalue weighted by molar-refractivity contribution is 9.08. The SMILES string of the molecule is FC(F)(F)c1cc(N2CC3CCC(C2)O3)ccc1CBr. The van der Waals surface area contributed by atoms with Crippen molar-refractivity contribution in [3.05, 3.63) is 29.3 Å². The van der Waals surface area contributed by atoms with E-state index in [9.17, 15) is 13.2 Å². The minimum absolute atomic E-state index is 0.166. The van der Waals surface area contributed by atoms with E-state index in [2.05, 4.69) is 15.9 Å². The molecule has 2 aliphatic rings. The Morgan fingerprint density at radius 1 is 1.20 bits per heavy atom. The normalized spacial score (nSPS) is 26.1. The van der Waals surface area contributed by atoms with Gasteiger partial charge in [-0.15, -0.1) is 0 Å². The lowest BCUT2D eigenvalue weighted by molar-refractivity contribution is -0.138. The van der Waals surface area contributed by atoms with Gasteiger partial charge in [0.05, 0.1) is 17.8 Å². The topological polar surface area (TPSA) is 12.5 Å². The monoisotopic (exact) mass is 349 g/mol. The number of ether oxygens (including phenoxy) is 1. The Morgan fingerprint density at radius 3 is 2.40 bits per heavy atom. The standard InChI is InChI=1S/C14H15BrF3NO/c15-6-9-1-2-10(5-13(9)14(16,17)18)19-7-11-3-4-12(8-19)20-11/h1-2,5,11-12H,3-4,6-8H2. The van der Waals surface area contributed by atoms with E-state index in [4.69, 9.17) is 4.74 Å². The van der Waals surface area contributed by atoms with Crippen molar-refractivity contribution in [2.45, 2.75) is 36.6 Å². The van der Waals surface area contributed by atoms with Crippen LogP contribution in [0.2, 0.25) is 0 Å². The van der Waals surface area contributed by atoms with Gasteiger partial charge in [-0.1, -0.05) is 22.0 Å². The van der Waals surface area contributed by atoms with E-state index < -0.39 is 11.7 Å². The number of rotatable bonds is 2. The molecule has 2 nitrogen and oxygen atoms in total. The Hall–Kier alpha value is -0.750. The van der Waals surface area contributed by atoms with Gasteiger partial charge in [-0.25, -0.2) is 0 Å². The second-order valence-corrected chi connectivity index (χ2v) is 5.90. The molecule has 2 saturated heterocycles. The molecule has 3 rings (SSSR count). The zero-order chi connectivity index (χ0) is 14.3. The van der Waals surface area contributed by atoms with Gasteiger partial charge in [0.1, 0.15) is 0 Å². The zero-order valence-corrected chi connectivity index (χ0v) is 12.4. The average Bonchev–Trinajstić information content (AvgIpc) is 2.75. The van der Waals surface area contributed by atoms with E-state index >= 15 is 0 Å². The Bertz CT molecular complexity index is 494. The molecule has 2 fully saturated rings. The lowest BCUT2D eigenvalue weighted by atomic mass is 10.1. The highest BCUT2D eigenvalue weighted by Gasteiger charge is 2.36. The zero-order valence-electron chi connectivity index (χ0n) is 10.8. The maximum Gasteiger partial charge on any atom is 0.416 e. The number of anilines is 1. The van der Waals surface area contributed by atoms with Crippen LogP contribution in [0.4, 0.5) is 18.9 Å². The van der Waals surface area contributed by atoms with Crippen LogP contribution >= 0.6 is 15.9 Å². The van der Waals surface area contributed by atoms with Crippen molar-refractivity contribution >= 4 is 21.6 Å².